The molecule has 2 aromatic rings. The van der Waals surface area contributed by atoms with E-state index in [1.54, 1.807) is 0 Å². The van der Waals surface area contributed by atoms with Crippen molar-refractivity contribution in [3.63, 3.8) is 0 Å². The predicted molar refractivity (Wildman–Crippen MR) is 98.8 cm³/mol. The van der Waals surface area contributed by atoms with Gasteiger partial charge in [0.15, 0.2) is 11.6 Å². The van der Waals surface area contributed by atoms with Gasteiger partial charge in [0.05, 0.1) is 11.4 Å². The zero-order valence-electron chi connectivity index (χ0n) is 15.8. The van der Waals surface area contributed by atoms with Crippen LogP contribution in [0.25, 0.3) is 0 Å². The van der Waals surface area contributed by atoms with Crippen LogP contribution in [0, 0.1) is 5.82 Å². The first-order valence-corrected chi connectivity index (χ1v) is 9.47. The molecule has 0 amide bonds. The van der Waals surface area contributed by atoms with Crippen LogP contribution >= 0.6 is 0 Å². The Labute approximate surface area is 153 Å². The second kappa shape index (κ2) is 6.61. The number of aromatic nitrogens is 4. The van der Waals surface area contributed by atoms with E-state index in [-0.39, 0.29) is 11.2 Å². The van der Waals surface area contributed by atoms with Gasteiger partial charge in [-0.1, -0.05) is 20.8 Å². The van der Waals surface area contributed by atoms with Crippen molar-refractivity contribution >= 4 is 5.82 Å². The maximum Gasteiger partial charge on any atom is 0.187 e. The van der Waals surface area contributed by atoms with Gasteiger partial charge in [-0.2, -0.15) is 5.10 Å². The fourth-order valence-electron chi connectivity index (χ4n) is 3.95. The van der Waals surface area contributed by atoms with Gasteiger partial charge in [-0.15, -0.1) is 0 Å². The van der Waals surface area contributed by atoms with Gasteiger partial charge in [0.2, 0.25) is 0 Å². The Kier molecular flexibility index (Phi) is 4.42. The Morgan fingerprint density at radius 1 is 1.12 bits per heavy atom. The summed E-state index contributed by atoms with van der Waals surface area (Å²) in [4.78, 5) is 12.8. The van der Waals surface area contributed by atoms with Gasteiger partial charge in [-0.05, 0) is 24.8 Å². The Hall–Kier alpha value is -2.02. The normalized spacial score (nSPS) is 18.4. The van der Waals surface area contributed by atoms with Crippen LogP contribution in [0.5, 0.6) is 0 Å². The molecular formula is C19H27FN6. The van der Waals surface area contributed by atoms with E-state index in [1.807, 2.05) is 25.7 Å². The van der Waals surface area contributed by atoms with E-state index in [4.69, 9.17) is 0 Å². The first-order valence-electron chi connectivity index (χ1n) is 9.47. The number of piperazine rings is 1. The van der Waals surface area contributed by atoms with Crippen molar-refractivity contribution in [3.8, 4) is 0 Å². The zero-order chi connectivity index (χ0) is 18.3. The first-order chi connectivity index (χ1) is 12.4. The summed E-state index contributed by atoms with van der Waals surface area (Å²) in [5, 5.41) is 7.69. The minimum atomic E-state index is -0.329. The first kappa shape index (κ1) is 17.4. The molecule has 7 heteroatoms. The molecule has 1 saturated heterocycles. The highest BCUT2D eigenvalue weighted by molar-refractivity contribution is 5.43. The van der Waals surface area contributed by atoms with Gasteiger partial charge in [0, 0.05) is 43.8 Å². The van der Waals surface area contributed by atoms with Crippen molar-refractivity contribution in [1.82, 2.24) is 25.1 Å². The Bertz CT molecular complexity index is 786. The van der Waals surface area contributed by atoms with Crippen molar-refractivity contribution in [2.75, 3.05) is 31.1 Å². The van der Waals surface area contributed by atoms with Gasteiger partial charge in [0.25, 0.3) is 0 Å². The molecule has 1 fully saturated rings. The zero-order valence-corrected chi connectivity index (χ0v) is 15.8. The maximum absolute atomic E-state index is 14.9. The molecule has 0 bridgehead atoms. The van der Waals surface area contributed by atoms with E-state index < -0.39 is 0 Å². The third kappa shape index (κ3) is 3.20. The summed E-state index contributed by atoms with van der Waals surface area (Å²) in [6, 6.07) is 0. The van der Waals surface area contributed by atoms with E-state index >= 15 is 0 Å². The molecule has 0 saturated carbocycles. The van der Waals surface area contributed by atoms with Crippen molar-refractivity contribution in [2.24, 2.45) is 0 Å². The van der Waals surface area contributed by atoms with Gasteiger partial charge < -0.3 is 4.90 Å². The number of aromatic amines is 1. The van der Waals surface area contributed by atoms with E-state index in [2.05, 4.69) is 25.1 Å². The molecule has 0 atom stereocenters. The second-order valence-electron chi connectivity index (χ2n) is 8.35. The van der Waals surface area contributed by atoms with E-state index in [0.29, 0.717) is 11.5 Å². The highest BCUT2D eigenvalue weighted by Gasteiger charge is 2.28. The molecule has 0 spiro atoms. The van der Waals surface area contributed by atoms with Crippen molar-refractivity contribution < 1.29 is 4.39 Å². The van der Waals surface area contributed by atoms with Gasteiger partial charge in [-0.25, -0.2) is 14.4 Å². The maximum atomic E-state index is 14.9. The fraction of sp³-hybridized carbons (Fsp3) is 0.632. The summed E-state index contributed by atoms with van der Waals surface area (Å²) >= 11 is 0. The van der Waals surface area contributed by atoms with Crippen LogP contribution in [0.3, 0.4) is 0 Å². The summed E-state index contributed by atoms with van der Waals surface area (Å²) in [5.41, 5.74) is 4.08. The largest absolute Gasteiger partial charge is 0.352 e. The fourth-order valence-corrected chi connectivity index (χ4v) is 3.95. The van der Waals surface area contributed by atoms with Crippen molar-refractivity contribution in [1.29, 1.82) is 0 Å². The average molecular weight is 358 g/mol. The SMILES string of the molecule is CC(C)(C)c1ncnc(N2CCN(Cc3n[nH]c4c3CCC4)CC2)c1F. The lowest BCUT2D eigenvalue weighted by Gasteiger charge is -2.35. The number of H-pyrrole nitrogens is 1. The second-order valence-corrected chi connectivity index (χ2v) is 8.35. The topological polar surface area (TPSA) is 60.9 Å². The van der Waals surface area contributed by atoms with Crippen molar-refractivity contribution in [2.45, 2.75) is 52.0 Å². The molecule has 3 heterocycles. The summed E-state index contributed by atoms with van der Waals surface area (Å²) in [7, 11) is 0. The van der Waals surface area contributed by atoms with E-state index in [9.17, 15) is 4.39 Å². The van der Waals surface area contributed by atoms with Gasteiger partial charge in [0.1, 0.15) is 6.33 Å². The van der Waals surface area contributed by atoms with Crippen LogP contribution in [0.4, 0.5) is 10.2 Å². The van der Waals surface area contributed by atoms with Crippen molar-refractivity contribution in [3.05, 3.63) is 34.8 Å². The molecule has 6 nitrogen and oxygen atoms in total. The number of anilines is 1. The number of fused-ring (bicyclic) bond motifs is 1. The van der Waals surface area contributed by atoms with Crippen LogP contribution < -0.4 is 4.90 Å². The van der Waals surface area contributed by atoms with Gasteiger partial charge >= 0.3 is 0 Å². The lowest BCUT2D eigenvalue weighted by atomic mass is 9.91. The molecule has 2 aliphatic rings. The number of hydrogen-bond donors (Lipinski definition) is 1. The summed E-state index contributed by atoms with van der Waals surface area (Å²) in [6.07, 6.45) is 4.98. The number of nitrogens with zero attached hydrogens (tertiary/aromatic N) is 5. The standard InChI is InChI=1S/C19H27FN6/c1-19(2,3)17-16(20)18(22-12-21-17)26-9-7-25(8-10-26)11-15-13-5-4-6-14(13)23-24-15/h12H,4-11H2,1-3H3,(H,23,24). The number of hydrogen-bond acceptors (Lipinski definition) is 5. The van der Waals surface area contributed by atoms with Crippen LogP contribution in [-0.4, -0.2) is 51.2 Å². The lowest BCUT2D eigenvalue weighted by Crippen LogP contribution is -2.46. The quantitative estimate of drug-likeness (QED) is 0.913. The Morgan fingerprint density at radius 2 is 1.88 bits per heavy atom. The molecule has 1 aliphatic heterocycles. The molecular weight excluding hydrogens is 331 g/mol. The molecule has 140 valence electrons. The summed E-state index contributed by atoms with van der Waals surface area (Å²) in [6.45, 7) is 10.1. The monoisotopic (exact) mass is 358 g/mol. The molecule has 4 rings (SSSR count). The molecule has 0 unspecified atom stereocenters. The molecule has 26 heavy (non-hydrogen) atoms. The van der Waals surface area contributed by atoms with Crippen LogP contribution in [0.1, 0.15) is 49.8 Å². The Morgan fingerprint density at radius 3 is 2.62 bits per heavy atom. The predicted octanol–water partition coefficient (Wildman–Crippen LogP) is 2.45. The summed E-state index contributed by atoms with van der Waals surface area (Å²) < 4.78 is 14.9. The molecule has 1 aliphatic carbocycles. The summed E-state index contributed by atoms with van der Waals surface area (Å²) in [5.74, 6) is 0.156. The molecule has 0 aromatic carbocycles. The average Bonchev–Trinajstić information content (AvgIpc) is 3.20. The number of nitrogens with one attached hydrogen (secondary N) is 1. The number of rotatable bonds is 3. The highest BCUT2D eigenvalue weighted by atomic mass is 19.1. The molecule has 0 radical (unpaired) electrons. The van der Waals surface area contributed by atoms with Crippen LogP contribution in [0.15, 0.2) is 6.33 Å². The molecule has 2 aromatic heterocycles. The number of aryl methyl sites for hydroxylation is 1. The minimum absolute atomic E-state index is 0.279. The van der Waals surface area contributed by atoms with E-state index in [1.165, 1.54) is 29.7 Å². The lowest BCUT2D eigenvalue weighted by molar-refractivity contribution is 0.245. The van der Waals surface area contributed by atoms with Crippen LogP contribution in [-0.2, 0) is 24.8 Å². The van der Waals surface area contributed by atoms with E-state index in [0.717, 1.165) is 45.6 Å². The van der Waals surface area contributed by atoms with Gasteiger partial charge in [-0.3, -0.25) is 10.00 Å². The highest BCUT2D eigenvalue weighted by Crippen LogP contribution is 2.28. The minimum Gasteiger partial charge on any atom is -0.352 e. The molecule has 1 N–H and O–H groups in total. The smallest absolute Gasteiger partial charge is 0.187 e. The Balaban J connectivity index is 1.42. The third-order valence-corrected chi connectivity index (χ3v) is 5.42. The third-order valence-electron chi connectivity index (χ3n) is 5.42. The number of halogens is 1. The van der Waals surface area contributed by atoms with Crippen LogP contribution in [0.2, 0.25) is 0 Å².